The number of nitrogens with zero attached hydrogens (tertiary/aromatic N) is 1. The van der Waals surface area contributed by atoms with E-state index in [1.165, 1.54) is 32.1 Å². The first-order valence-electron chi connectivity index (χ1n) is 7.16. The Bertz CT molecular complexity index is 332. The third-order valence-electron chi connectivity index (χ3n) is 3.43. The Labute approximate surface area is 109 Å². The van der Waals surface area contributed by atoms with Gasteiger partial charge in [-0.3, -0.25) is 0 Å². The maximum atomic E-state index is 5.63. The van der Waals surface area contributed by atoms with Gasteiger partial charge in [0.25, 0.3) is 0 Å². The first kappa shape index (κ1) is 13.4. The molecule has 1 aromatic rings. The van der Waals surface area contributed by atoms with Gasteiger partial charge < -0.3 is 14.5 Å². The number of nitrogens with one attached hydrogen (secondary N) is 1. The largest absolute Gasteiger partial charge is 0.450 e. The fraction of sp³-hybridized carbons (Fsp3) is 0.786. The second-order valence-corrected chi connectivity index (χ2v) is 5.10. The Morgan fingerprint density at radius 3 is 3.00 bits per heavy atom. The fourth-order valence-corrected chi connectivity index (χ4v) is 2.37. The molecule has 0 unspecified atom stereocenters. The summed E-state index contributed by atoms with van der Waals surface area (Å²) < 4.78 is 10.9. The third kappa shape index (κ3) is 4.33. The van der Waals surface area contributed by atoms with Crippen molar-refractivity contribution in [3.8, 4) is 6.08 Å². The summed E-state index contributed by atoms with van der Waals surface area (Å²) in [6.45, 7) is 4.66. The highest BCUT2D eigenvalue weighted by Crippen LogP contribution is 2.24. The van der Waals surface area contributed by atoms with Crippen molar-refractivity contribution in [1.29, 1.82) is 0 Å². The lowest BCUT2D eigenvalue weighted by molar-refractivity contribution is 0.165. The van der Waals surface area contributed by atoms with Crippen LogP contribution in [0.3, 0.4) is 0 Å². The number of aromatic nitrogens is 1. The molecule has 0 radical (unpaired) electrons. The number of hydrogen-bond acceptors (Lipinski definition) is 4. The van der Waals surface area contributed by atoms with Crippen LogP contribution in [0.4, 0.5) is 0 Å². The molecule has 1 heterocycles. The first-order chi connectivity index (χ1) is 8.88. The lowest BCUT2D eigenvalue weighted by Gasteiger charge is -2.20. The third-order valence-corrected chi connectivity index (χ3v) is 3.43. The van der Waals surface area contributed by atoms with E-state index in [4.69, 9.17) is 9.15 Å². The van der Waals surface area contributed by atoms with E-state index in [2.05, 4.69) is 17.2 Å². The van der Waals surface area contributed by atoms with Crippen LogP contribution in [0, 0.1) is 5.92 Å². The molecule has 0 amide bonds. The van der Waals surface area contributed by atoms with E-state index in [9.17, 15) is 0 Å². The lowest BCUT2D eigenvalue weighted by Crippen LogP contribution is -2.16. The number of rotatable bonds is 7. The Morgan fingerprint density at radius 1 is 1.39 bits per heavy atom. The summed E-state index contributed by atoms with van der Waals surface area (Å²) in [5.74, 6) is 0.687. The van der Waals surface area contributed by atoms with Gasteiger partial charge in [-0.15, -0.1) is 0 Å². The second-order valence-electron chi connectivity index (χ2n) is 5.10. The quantitative estimate of drug-likeness (QED) is 0.757. The summed E-state index contributed by atoms with van der Waals surface area (Å²) in [6, 6.07) is 0. The van der Waals surface area contributed by atoms with Crippen LogP contribution in [0.15, 0.2) is 10.7 Å². The summed E-state index contributed by atoms with van der Waals surface area (Å²) in [6.07, 6.45) is 9.85. The highest BCUT2D eigenvalue weighted by Gasteiger charge is 2.15. The molecule has 0 saturated heterocycles. The van der Waals surface area contributed by atoms with Crippen LogP contribution in [0.25, 0.3) is 0 Å². The topological polar surface area (TPSA) is 47.3 Å². The average molecular weight is 252 g/mol. The highest BCUT2D eigenvalue weighted by atomic mass is 16.6. The molecule has 1 aliphatic carbocycles. The van der Waals surface area contributed by atoms with Crippen molar-refractivity contribution in [3.05, 3.63) is 12.0 Å². The maximum absolute atomic E-state index is 5.63. The molecule has 0 aromatic carbocycles. The molecule has 0 spiro atoms. The van der Waals surface area contributed by atoms with E-state index in [1.54, 1.807) is 6.26 Å². The van der Waals surface area contributed by atoms with Gasteiger partial charge in [-0.05, 0) is 31.7 Å². The molecule has 1 fully saturated rings. The van der Waals surface area contributed by atoms with Gasteiger partial charge >= 0.3 is 6.08 Å². The van der Waals surface area contributed by atoms with Crippen LogP contribution < -0.4 is 10.1 Å². The minimum Gasteiger partial charge on any atom is -0.450 e. The SMILES string of the molecule is CCCNCc1coc(OCC2CCCCC2)n1. The minimum absolute atomic E-state index is 0.425. The van der Waals surface area contributed by atoms with Crippen molar-refractivity contribution >= 4 is 0 Å². The van der Waals surface area contributed by atoms with E-state index < -0.39 is 0 Å². The monoisotopic (exact) mass is 252 g/mol. The Kier molecular flexibility index (Phi) is 5.52. The fourth-order valence-electron chi connectivity index (χ4n) is 2.37. The maximum Gasteiger partial charge on any atom is 0.393 e. The molecule has 4 heteroatoms. The average Bonchev–Trinajstić information content (AvgIpc) is 2.86. The van der Waals surface area contributed by atoms with Crippen LogP contribution in [0.5, 0.6) is 6.08 Å². The van der Waals surface area contributed by atoms with Gasteiger partial charge in [-0.1, -0.05) is 26.2 Å². The first-order valence-corrected chi connectivity index (χ1v) is 7.16. The van der Waals surface area contributed by atoms with Crippen molar-refractivity contribution in [1.82, 2.24) is 10.3 Å². The molecule has 0 bridgehead atoms. The van der Waals surface area contributed by atoms with Gasteiger partial charge in [0.1, 0.15) is 6.26 Å². The summed E-state index contributed by atoms with van der Waals surface area (Å²) in [4.78, 5) is 4.32. The molecule has 0 atom stereocenters. The molecule has 102 valence electrons. The molecule has 18 heavy (non-hydrogen) atoms. The molecule has 1 saturated carbocycles. The zero-order chi connectivity index (χ0) is 12.6. The normalized spacial score (nSPS) is 16.9. The zero-order valence-electron chi connectivity index (χ0n) is 11.3. The van der Waals surface area contributed by atoms with Crippen molar-refractivity contribution in [2.24, 2.45) is 5.92 Å². The van der Waals surface area contributed by atoms with Crippen molar-refractivity contribution in [3.63, 3.8) is 0 Å². The standard InChI is InChI=1S/C14H24N2O2/c1-2-8-15-9-13-11-18-14(16-13)17-10-12-6-4-3-5-7-12/h11-12,15H,2-10H2,1H3. The van der Waals surface area contributed by atoms with Gasteiger partial charge in [-0.2, -0.15) is 4.98 Å². The molecule has 1 N–H and O–H groups in total. The second kappa shape index (κ2) is 7.41. The van der Waals surface area contributed by atoms with Gasteiger partial charge in [0, 0.05) is 6.54 Å². The van der Waals surface area contributed by atoms with E-state index >= 15 is 0 Å². The van der Waals surface area contributed by atoms with Crippen LogP contribution in [0.1, 0.15) is 51.1 Å². The zero-order valence-corrected chi connectivity index (χ0v) is 11.3. The number of oxazole rings is 1. The van der Waals surface area contributed by atoms with E-state index in [0.29, 0.717) is 12.0 Å². The van der Waals surface area contributed by atoms with Gasteiger partial charge in [0.2, 0.25) is 0 Å². The summed E-state index contributed by atoms with van der Waals surface area (Å²) in [5, 5.41) is 3.29. The Balaban J connectivity index is 1.69. The molecule has 2 rings (SSSR count). The van der Waals surface area contributed by atoms with Gasteiger partial charge in [-0.25, -0.2) is 0 Å². The molecule has 0 aliphatic heterocycles. The van der Waals surface area contributed by atoms with Crippen LogP contribution >= 0.6 is 0 Å². The lowest BCUT2D eigenvalue weighted by atomic mass is 9.90. The van der Waals surface area contributed by atoms with E-state index in [-0.39, 0.29) is 0 Å². The van der Waals surface area contributed by atoms with Gasteiger partial charge in [0.15, 0.2) is 0 Å². The molecular weight excluding hydrogens is 228 g/mol. The molecular formula is C14H24N2O2. The summed E-state index contributed by atoms with van der Waals surface area (Å²) >= 11 is 0. The van der Waals surface area contributed by atoms with Crippen LogP contribution in [0.2, 0.25) is 0 Å². The van der Waals surface area contributed by atoms with Crippen LogP contribution in [-0.2, 0) is 6.54 Å². The highest BCUT2D eigenvalue weighted by molar-refractivity contribution is 4.99. The summed E-state index contributed by atoms with van der Waals surface area (Å²) in [7, 11) is 0. The van der Waals surface area contributed by atoms with Crippen molar-refractivity contribution in [2.75, 3.05) is 13.2 Å². The predicted molar refractivity (Wildman–Crippen MR) is 70.6 cm³/mol. The van der Waals surface area contributed by atoms with E-state index in [0.717, 1.165) is 31.8 Å². The van der Waals surface area contributed by atoms with Crippen LogP contribution in [-0.4, -0.2) is 18.1 Å². The molecule has 4 nitrogen and oxygen atoms in total. The van der Waals surface area contributed by atoms with E-state index in [1.807, 2.05) is 0 Å². The van der Waals surface area contributed by atoms with Gasteiger partial charge in [0.05, 0.1) is 12.3 Å². The number of ether oxygens (including phenoxy) is 1. The van der Waals surface area contributed by atoms with Crippen molar-refractivity contribution < 1.29 is 9.15 Å². The van der Waals surface area contributed by atoms with Crippen molar-refractivity contribution in [2.45, 2.75) is 52.0 Å². The minimum atomic E-state index is 0.425. The Hall–Kier alpha value is -1.03. The number of hydrogen-bond donors (Lipinski definition) is 1. The summed E-state index contributed by atoms with van der Waals surface area (Å²) in [5.41, 5.74) is 0.919. The Morgan fingerprint density at radius 2 is 2.22 bits per heavy atom. The predicted octanol–water partition coefficient (Wildman–Crippen LogP) is 3.13. The smallest absolute Gasteiger partial charge is 0.393 e. The molecule has 1 aromatic heterocycles. The molecule has 1 aliphatic rings.